The Balaban J connectivity index is 2.48. The number of para-hydroxylation sites is 1. The second-order valence-electron chi connectivity index (χ2n) is 4.67. The molecular formula is C12H16FNO. The van der Waals surface area contributed by atoms with Crippen molar-refractivity contribution < 1.29 is 9.13 Å². The number of rotatable bonds is 1. The fourth-order valence-corrected chi connectivity index (χ4v) is 2.16. The van der Waals surface area contributed by atoms with Gasteiger partial charge in [-0.1, -0.05) is 12.1 Å². The Labute approximate surface area is 89.2 Å². The summed E-state index contributed by atoms with van der Waals surface area (Å²) in [5.74, 6) is 0.255. The van der Waals surface area contributed by atoms with Gasteiger partial charge in [0.25, 0.3) is 0 Å². The zero-order valence-corrected chi connectivity index (χ0v) is 9.09. The number of hydrogen-bond acceptors (Lipinski definition) is 2. The van der Waals surface area contributed by atoms with Crippen LogP contribution >= 0.6 is 0 Å². The van der Waals surface area contributed by atoms with Gasteiger partial charge in [-0.3, -0.25) is 0 Å². The molecule has 1 heterocycles. The molecule has 2 N–H and O–H groups in total. The van der Waals surface area contributed by atoms with E-state index in [9.17, 15) is 4.39 Å². The molecule has 0 fully saturated rings. The van der Waals surface area contributed by atoms with Crippen LogP contribution < -0.4 is 10.5 Å². The van der Waals surface area contributed by atoms with Crippen molar-refractivity contribution >= 4 is 0 Å². The molecule has 0 amide bonds. The molecular weight excluding hydrogens is 193 g/mol. The van der Waals surface area contributed by atoms with Gasteiger partial charge in [-0.25, -0.2) is 4.39 Å². The van der Waals surface area contributed by atoms with Crippen molar-refractivity contribution in [1.82, 2.24) is 0 Å². The average Bonchev–Trinajstić information content (AvgIpc) is 2.16. The van der Waals surface area contributed by atoms with Crippen molar-refractivity contribution in [2.75, 3.05) is 6.61 Å². The molecule has 82 valence electrons. The fourth-order valence-electron chi connectivity index (χ4n) is 2.16. The Bertz CT molecular complexity index is 370. The number of nitrogens with two attached hydrogens (primary N) is 1. The highest BCUT2D eigenvalue weighted by Crippen LogP contribution is 2.40. The molecule has 0 aliphatic carbocycles. The lowest BCUT2D eigenvalue weighted by Crippen LogP contribution is -2.41. The highest BCUT2D eigenvalue weighted by Gasteiger charge is 2.32. The van der Waals surface area contributed by atoms with Crippen molar-refractivity contribution in [1.29, 1.82) is 0 Å². The van der Waals surface area contributed by atoms with E-state index in [2.05, 4.69) is 0 Å². The van der Waals surface area contributed by atoms with Crippen molar-refractivity contribution in [3.05, 3.63) is 29.6 Å². The minimum absolute atomic E-state index is 0.164. The van der Waals surface area contributed by atoms with E-state index in [4.69, 9.17) is 10.5 Å². The molecule has 1 aliphatic rings. The summed E-state index contributed by atoms with van der Waals surface area (Å²) in [4.78, 5) is 0. The maximum Gasteiger partial charge on any atom is 0.165 e. The Morgan fingerprint density at radius 3 is 2.87 bits per heavy atom. The number of benzene rings is 1. The zero-order valence-electron chi connectivity index (χ0n) is 9.09. The summed E-state index contributed by atoms with van der Waals surface area (Å²) in [5.41, 5.74) is 6.65. The molecule has 2 nitrogen and oxygen atoms in total. The molecule has 1 aromatic rings. The summed E-state index contributed by atoms with van der Waals surface area (Å²) in [6.07, 6.45) is 0.847. The summed E-state index contributed by atoms with van der Waals surface area (Å²) in [6.45, 7) is 4.48. The standard InChI is InChI=1S/C12H16FNO/c1-12(2,14)9-6-7-15-11-8(9)4-3-5-10(11)13/h3-5,9H,6-7,14H2,1-2H3. The van der Waals surface area contributed by atoms with Crippen LogP contribution in [0.25, 0.3) is 0 Å². The predicted molar refractivity (Wildman–Crippen MR) is 57.5 cm³/mol. The molecule has 0 aromatic heterocycles. The molecule has 0 radical (unpaired) electrons. The molecule has 1 unspecified atom stereocenters. The monoisotopic (exact) mass is 209 g/mol. The molecule has 2 rings (SSSR count). The van der Waals surface area contributed by atoms with Crippen LogP contribution in [0.15, 0.2) is 18.2 Å². The molecule has 0 saturated carbocycles. The fraction of sp³-hybridized carbons (Fsp3) is 0.500. The van der Waals surface area contributed by atoms with Gasteiger partial charge >= 0.3 is 0 Å². The summed E-state index contributed by atoms with van der Waals surface area (Å²) in [6, 6.07) is 5.03. The van der Waals surface area contributed by atoms with Gasteiger partial charge in [0.2, 0.25) is 0 Å². The normalized spacial score (nSPS) is 20.7. The molecule has 0 saturated heterocycles. The quantitative estimate of drug-likeness (QED) is 0.771. The molecule has 1 aliphatic heterocycles. The lowest BCUT2D eigenvalue weighted by atomic mass is 9.79. The summed E-state index contributed by atoms with van der Waals surface area (Å²) in [7, 11) is 0. The highest BCUT2D eigenvalue weighted by molar-refractivity contribution is 5.40. The largest absolute Gasteiger partial charge is 0.490 e. The van der Waals surface area contributed by atoms with Gasteiger partial charge in [0, 0.05) is 17.0 Å². The van der Waals surface area contributed by atoms with E-state index < -0.39 is 0 Å². The SMILES string of the molecule is CC(C)(N)C1CCOc2c(F)cccc21. The van der Waals surface area contributed by atoms with Crippen LogP contribution in [0.5, 0.6) is 5.75 Å². The molecule has 0 spiro atoms. The molecule has 1 atom stereocenters. The third-order valence-electron chi connectivity index (χ3n) is 2.92. The second kappa shape index (κ2) is 3.49. The molecule has 3 heteroatoms. The van der Waals surface area contributed by atoms with Crippen molar-refractivity contribution in [3.63, 3.8) is 0 Å². The third-order valence-corrected chi connectivity index (χ3v) is 2.92. The highest BCUT2D eigenvalue weighted by atomic mass is 19.1. The number of fused-ring (bicyclic) bond motifs is 1. The first kappa shape index (κ1) is 10.4. The second-order valence-corrected chi connectivity index (χ2v) is 4.67. The predicted octanol–water partition coefficient (Wildman–Crippen LogP) is 2.43. The molecule has 0 bridgehead atoms. The van der Waals surface area contributed by atoms with E-state index in [0.717, 1.165) is 12.0 Å². The van der Waals surface area contributed by atoms with E-state index in [0.29, 0.717) is 12.4 Å². The minimum Gasteiger partial charge on any atom is -0.490 e. The van der Waals surface area contributed by atoms with Gasteiger partial charge in [-0.15, -0.1) is 0 Å². The molecule has 1 aromatic carbocycles. The van der Waals surface area contributed by atoms with Gasteiger partial charge in [-0.05, 0) is 26.3 Å². The smallest absolute Gasteiger partial charge is 0.165 e. The number of halogens is 1. The van der Waals surface area contributed by atoms with E-state index in [1.54, 1.807) is 6.07 Å². The number of hydrogen-bond donors (Lipinski definition) is 1. The van der Waals surface area contributed by atoms with Gasteiger partial charge in [0.1, 0.15) is 0 Å². The first-order chi connectivity index (χ1) is 7.00. The van der Waals surface area contributed by atoms with Crippen LogP contribution in [0.3, 0.4) is 0 Å². The van der Waals surface area contributed by atoms with E-state index in [1.807, 2.05) is 19.9 Å². The summed E-state index contributed by atoms with van der Waals surface area (Å²) >= 11 is 0. The maximum atomic E-state index is 13.5. The Morgan fingerprint density at radius 1 is 1.47 bits per heavy atom. The minimum atomic E-state index is -0.341. The Kier molecular flexibility index (Phi) is 2.43. The molecule has 15 heavy (non-hydrogen) atoms. The average molecular weight is 209 g/mol. The van der Waals surface area contributed by atoms with Crippen LogP contribution in [-0.4, -0.2) is 12.1 Å². The Morgan fingerprint density at radius 2 is 2.20 bits per heavy atom. The van der Waals surface area contributed by atoms with Crippen LogP contribution in [0.1, 0.15) is 31.7 Å². The number of ether oxygens (including phenoxy) is 1. The van der Waals surface area contributed by atoms with Gasteiger partial charge in [-0.2, -0.15) is 0 Å². The van der Waals surface area contributed by atoms with Gasteiger partial charge in [0.05, 0.1) is 6.61 Å². The summed E-state index contributed by atoms with van der Waals surface area (Å²) in [5, 5.41) is 0. The van der Waals surface area contributed by atoms with Crippen molar-refractivity contribution in [2.24, 2.45) is 5.73 Å². The zero-order chi connectivity index (χ0) is 11.1. The van der Waals surface area contributed by atoms with Crippen LogP contribution in [0.2, 0.25) is 0 Å². The maximum absolute atomic E-state index is 13.5. The van der Waals surface area contributed by atoms with Crippen molar-refractivity contribution in [2.45, 2.75) is 31.7 Å². The third kappa shape index (κ3) is 1.84. The first-order valence-corrected chi connectivity index (χ1v) is 5.20. The Hall–Kier alpha value is -1.09. The van der Waals surface area contributed by atoms with Crippen LogP contribution in [0, 0.1) is 5.82 Å². The van der Waals surface area contributed by atoms with Gasteiger partial charge < -0.3 is 10.5 Å². The topological polar surface area (TPSA) is 35.2 Å². The first-order valence-electron chi connectivity index (χ1n) is 5.20. The van der Waals surface area contributed by atoms with Crippen molar-refractivity contribution in [3.8, 4) is 5.75 Å². The van der Waals surface area contributed by atoms with Gasteiger partial charge in [0.15, 0.2) is 11.6 Å². The van der Waals surface area contributed by atoms with Crippen LogP contribution in [0.4, 0.5) is 4.39 Å². The van der Waals surface area contributed by atoms with E-state index in [-0.39, 0.29) is 17.3 Å². The van der Waals surface area contributed by atoms with E-state index in [1.165, 1.54) is 6.07 Å². The van der Waals surface area contributed by atoms with Crippen LogP contribution in [-0.2, 0) is 0 Å². The lowest BCUT2D eigenvalue weighted by molar-refractivity contribution is 0.224. The summed E-state index contributed by atoms with van der Waals surface area (Å²) < 4.78 is 18.8. The van der Waals surface area contributed by atoms with E-state index >= 15 is 0 Å². The lowest BCUT2D eigenvalue weighted by Gasteiger charge is -2.35.